The Morgan fingerprint density at radius 1 is 1.04 bits per heavy atom. The van der Waals surface area contributed by atoms with Crippen molar-refractivity contribution in [2.24, 2.45) is 5.41 Å². The van der Waals surface area contributed by atoms with Gasteiger partial charge in [0.1, 0.15) is 6.73 Å². The average Bonchev–Trinajstić information content (AvgIpc) is 2.55. The van der Waals surface area contributed by atoms with E-state index in [0.29, 0.717) is 6.73 Å². The van der Waals surface area contributed by atoms with Crippen LogP contribution in [0.5, 0.6) is 0 Å². The van der Waals surface area contributed by atoms with Gasteiger partial charge in [-0.15, -0.1) is 0 Å². The summed E-state index contributed by atoms with van der Waals surface area (Å²) in [6.45, 7) is 5.90. The molecule has 2 aromatic rings. The minimum absolute atomic E-state index is 0.285. The van der Waals surface area contributed by atoms with Gasteiger partial charge in [-0.3, -0.25) is 4.79 Å². The minimum atomic E-state index is -0.373. The van der Waals surface area contributed by atoms with Gasteiger partial charge in [0.05, 0.1) is 0 Å². The van der Waals surface area contributed by atoms with E-state index in [1.807, 2.05) is 60.7 Å². The van der Waals surface area contributed by atoms with Gasteiger partial charge in [-0.05, 0) is 35.9 Å². The molecule has 0 saturated heterocycles. The third kappa shape index (κ3) is 12.5. The lowest BCUT2D eigenvalue weighted by Crippen LogP contribution is -2.13. The summed E-state index contributed by atoms with van der Waals surface area (Å²) in [5.74, 6) is 0. The van der Waals surface area contributed by atoms with Crippen LogP contribution in [0.2, 0.25) is 0 Å². The maximum absolute atomic E-state index is 10.2. The van der Waals surface area contributed by atoms with E-state index in [1.54, 1.807) is 27.9 Å². The van der Waals surface area contributed by atoms with Crippen LogP contribution in [0.3, 0.4) is 0 Å². The van der Waals surface area contributed by atoms with Crippen molar-refractivity contribution in [3.05, 3.63) is 60.7 Å². The smallest absolute Gasteiger partial charge is 0.226 e. The number of rotatable bonds is 3. The molecule has 0 spiro atoms. The van der Waals surface area contributed by atoms with E-state index in [4.69, 9.17) is 22.1 Å². The largest absolute Gasteiger partial charge is 0.399 e. The number of benzene rings is 2. The predicted octanol–water partition coefficient (Wildman–Crippen LogP) is 4.77. The first-order valence-corrected chi connectivity index (χ1v) is 7.93. The van der Waals surface area contributed by atoms with Crippen molar-refractivity contribution in [3.8, 4) is 0 Å². The first kappa shape index (κ1) is 22.0. The van der Waals surface area contributed by atoms with E-state index in [-0.39, 0.29) is 10.7 Å². The SMILES string of the molecule is CC(C)(C)C(=O)Cl.COCNc1ccccc1.Nc1ccccc1. The second-order valence-corrected chi connectivity index (χ2v) is 6.25. The van der Waals surface area contributed by atoms with Gasteiger partial charge < -0.3 is 15.8 Å². The predicted molar refractivity (Wildman–Crippen MR) is 103 cm³/mol. The molecule has 4 nitrogen and oxygen atoms in total. The standard InChI is InChI=1S/C8H11NO.C6H7N.C5H9ClO/c1-10-7-9-8-5-3-2-4-6-8;7-6-4-2-1-3-5-6;1-5(2,3)4(6)7/h2-6,9H,7H2,1H3;1-5H,7H2;1-3H3. The highest BCUT2D eigenvalue weighted by Gasteiger charge is 2.17. The number of hydrogen-bond acceptors (Lipinski definition) is 4. The fourth-order valence-electron chi connectivity index (χ4n) is 1.16. The summed E-state index contributed by atoms with van der Waals surface area (Å²) in [6, 6.07) is 19.4. The van der Waals surface area contributed by atoms with Gasteiger partial charge in [0, 0.05) is 23.9 Å². The van der Waals surface area contributed by atoms with E-state index in [1.165, 1.54) is 0 Å². The van der Waals surface area contributed by atoms with Crippen molar-refractivity contribution >= 4 is 28.2 Å². The monoisotopic (exact) mass is 350 g/mol. The molecule has 0 saturated carbocycles. The van der Waals surface area contributed by atoms with Crippen LogP contribution in [0.4, 0.5) is 11.4 Å². The van der Waals surface area contributed by atoms with Crippen molar-refractivity contribution in [2.45, 2.75) is 20.8 Å². The van der Waals surface area contributed by atoms with Crippen LogP contribution in [0, 0.1) is 5.41 Å². The third-order valence-electron chi connectivity index (χ3n) is 2.58. The Morgan fingerprint density at radius 3 is 1.75 bits per heavy atom. The lowest BCUT2D eigenvalue weighted by Gasteiger charge is -2.08. The molecule has 0 atom stereocenters. The Balaban J connectivity index is 0.000000340. The van der Waals surface area contributed by atoms with E-state index >= 15 is 0 Å². The van der Waals surface area contributed by atoms with Crippen molar-refractivity contribution in [1.82, 2.24) is 0 Å². The zero-order valence-electron chi connectivity index (χ0n) is 14.8. The summed E-state index contributed by atoms with van der Waals surface area (Å²) in [7, 11) is 1.66. The van der Waals surface area contributed by atoms with E-state index in [9.17, 15) is 4.79 Å². The van der Waals surface area contributed by atoms with E-state index < -0.39 is 0 Å². The zero-order chi connectivity index (χ0) is 18.4. The Morgan fingerprint density at radius 2 is 1.46 bits per heavy atom. The van der Waals surface area contributed by atoms with Crippen LogP contribution in [0.15, 0.2) is 60.7 Å². The molecule has 5 heteroatoms. The van der Waals surface area contributed by atoms with Gasteiger partial charge in [0.2, 0.25) is 5.24 Å². The molecule has 0 unspecified atom stereocenters. The molecule has 0 aliphatic carbocycles. The highest BCUT2D eigenvalue weighted by Crippen LogP contribution is 2.15. The summed E-state index contributed by atoms with van der Waals surface area (Å²) in [4.78, 5) is 10.2. The van der Waals surface area contributed by atoms with Gasteiger partial charge >= 0.3 is 0 Å². The Labute approximate surface area is 150 Å². The minimum Gasteiger partial charge on any atom is -0.399 e. The summed E-state index contributed by atoms with van der Waals surface area (Å²) in [6.07, 6.45) is 0. The second kappa shape index (κ2) is 12.4. The van der Waals surface area contributed by atoms with Crippen molar-refractivity contribution in [3.63, 3.8) is 0 Å². The molecule has 3 N–H and O–H groups in total. The van der Waals surface area contributed by atoms with Gasteiger partial charge in [0.25, 0.3) is 0 Å². The highest BCUT2D eigenvalue weighted by atomic mass is 35.5. The molecule has 0 fully saturated rings. The number of para-hydroxylation sites is 2. The summed E-state index contributed by atoms with van der Waals surface area (Å²) >= 11 is 5.11. The quantitative estimate of drug-likeness (QED) is 0.475. The first-order chi connectivity index (χ1) is 11.3. The fraction of sp³-hybridized carbons (Fsp3) is 0.316. The van der Waals surface area contributed by atoms with Crippen LogP contribution in [0.1, 0.15) is 20.8 Å². The third-order valence-corrected chi connectivity index (χ3v) is 3.15. The molecule has 0 amide bonds. The van der Waals surface area contributed by atoms with Gasteiger partial charge in [-0.1, -0.05) is 57.2 Å². The molecule has 132 valence electrons. The van der Waals surface area contributed by atoms with Crippen LogP contribution < -0.4 is 11.1 Å². The van der Waals surface area contributed by atoms with E-state index in [2.05, 4.69) is 5.32 Å². The molecule has 0 bridgehead atoms. The molecule has 0 aliphatic rings. The number of halogens is 1. The molecule has 2 rings (SSSR count). The fourth-order valence-corrected chi connectivity index (χ4v) is 1.16. The van der Waals surface area contributed by atoms with Crippen molar-refractivity contribution < 1.29 is 9.53 Å². The maximum Gasteiger partial charge on any atom is 0.226 e. The van der Waals surface area contributed by atoms with Crippen molar-refractivity contribution in [1.29, 1.82) is 0 Å². The molecule has 0 radical (unpaired) electrons. The lowest BCUT2D eigenvalue weighted by atomic mass is 10.00. The first-order valence-electron chi connectivity index (χ1n) is 7.55. The highest BCUT2D eigenvalue weighted by molar-refractivity contribution is 6.64. The van der Waals surface area contributed by atoms with E-state index in [0.717, 1.165) is 11.4 Å². The molecular formula is C19H27ClN2O2. The van der Waals surface area contributed by atoms with Crippen LogP contribution in [-0.2, 0) is 9.53 Å². The Bertz CT molecular complexity index is 555. The number of nitrogens with one attached hydrogen (secondary N) is 1. The summed E-state index contributed by atoms with van der Waals surface area (Å²) in [5, 5.41) is 2.79. The second-order valence-electron chi connectivity index (χ2n) is 5.91. The summed E-state index contributed by atoms with van der Waals surface area (Å²) < 4.78 is 4.83. The number of carbonyl (C=O) groups is 1. The number of methoxy groups -OCH3 is 1. The Kier molecular flexibility index (Phi) is 11.3. The molecular weight excluding hydrogens is 324 g/mol. The molecule has 24 heavy (non-hydrogen) atoms. The number of hydrogen-bond donors (Lipinski definition) is 2. The van der Waals surface area contributed by atoms with Crippen molar-refractivity contribution in [2.75, 3.05) is 24.9 Å². The van der Waals surface area contributed by atoms with Gasteiger partial charge in [-0.25, -0.2) is 0 Å². The molecule has 2 aromatic carbocycles. The topological polar surface area (TPSA) is 64.3 Å². The summed E-state index contributed by atoms with van der Waals surface area (Å²) in [5.41, 5.74) is 6.89. The van der Waals surface area contributed by atoms with Crippen LogP contribution >= 0.6 is 11.6 Å². The number of ether oxygens (including phenoxy) is 1. The number of nitrogen functional groups attached to an aromatic ring is 1. The maximum atomic E-state index is 10.2. The van der Waals surface area contributed by atoms with Crippen LogP contribution in [0.25, 0.3) is 0 Å². The number of anilines is 2. The Hall–Kier alpha value is -2.04. The van der Waals surface area contributed by atoms with Crippen LogP contribution in [-0.4, -0.2) is 19.1 Å². The van der Waals surface area contributed by atoms with Gasteiger partial charge in [-0.2, -0.15) is 0 Å². The molecule has 0 heterocycles. The molecule has 0 aromatic heterocycles. The molecule has 0 aliphatic heterocycles. The zero-order valence-corrected chi connectivity index (χ0v) is 15.5. The normalized spacial score (nSPS) is 9.71. The lowest BCUT2D eigenvalue weighted by molar-refractivity contribution is -0.118. The number of carbonyl (C=O) groups excluding carboxylic acids is 1. The average molecular weight is 351 g/mol. The number of nitrogens with two attached hydrogens (primary N) is 1. The van der Waals surface area contributed by atoms with Gasteiger partial charge in [0.15, 0.2) is 0 Å².